The summed E-state index contributed by atoms with van der Waals surface area (Å²) >= 11 is 1.34. The van der Waals surface area contributed by atoms with Gasteiger partial charge in [-0.05, 0) is 24.7 Å². The minimum atomic E-state index is 0.0273. The number of carbonyl (C=O) groups is 1. The summed E-state index contributed by atoms with van der Waals surface area (Å²) in [5, 5.41) is 0. The Morgan fingerprint density at radius 3 is 2.62 bits per heavy atom. The molecule has 0 saturated carbocycles. The fourth-order valence-electron chi connectivity index (χ4n) is 2.92. The number of fused-ring (bicyclic) bond motifs is 1. The molecule has 6 heteroatoms. The van der Waals surface area contributed by atoms with Crippen LogP contribution in [0.1, 0.15) is 36.4 Å². The molecule has 2 N–H and O–H groups in total. The summed E-state index contributed by atoms with van der Waals surface area (Å²) in [5.41, 5.74) is 7.20. The van der Waals surface area contributed by atoms with Crippen LogP contribution in [-0.2, 0) is 0 Å². The number of likely N-dealkylation sites (tertiary alicyclic amines) is 1. The van der Waals surface area contributed by atoms with E-state index < -0.39 is 0 Å². The third kappa shape index (κ3) is 2.60. The van der Waals surface area contributed by atoms with E-state index in [1.165, 1.54) is 11.3 Å². The van der Waals surface area contributed by atoms with Gasteiger partial charge in [-0.1, -0.05) is 13.8 Å². The predicted octanol–water partition coefficient (Wildman–Crippen LogP) is 2.78. The lowest BCUT2D eigenvalue weighted by Crippen LogP contribution is -2.39. The van der Waals surface area contributed by atoms with Gasteiger partial charge in [0, 0.05) is 25.5 Å². The van der Waals surface area contributed by atoms with E-state index in [0.29, 0.717) is 22.0 Å². The zero-order chi connectivity index (χ0) is 15.0. The van der Waals surface area contributed by atoms with Crippen LogP contribution in [0.4, 0.5) is 5.69 Å². The molecular weight excluding hydrogens is 284 g/mol. The van der Waals surface area contributed by atoms with Gasteiger partial charge in [0.1, 0.15) is 15.2 Å². The summed E-state index contributed by atoms with van der Waals surface area (Å²) in [7, 11) is 0. The number of anilines is 1. The fourth-order valence-corrected chi connectivity index (χ4v) is 3.90. The van der Waals surface area contributed by atoms with Crippen molar-refractivity contribution >= 4 is 33.3 Å². The number of thiophene rings is 1. The molecule has 3 heterocycles. The number of aromatic nitrogens is 2. The van der Waals surface area contributed by atoms with Crippen LogP contribution in [0.5, 0.6) is 0 Å². The second-order valence-corrected chi connectivity index (χ2v) is 6.93. The topological polar surface area (TPSA) is 72.1 Å². The Hall–Kier alpha value is -1.69. The van der Waals surface area contributed by atoms with Crippen molar-refractivity contribution in [3.05, 3.63) is 17.3 Å². The van der Waals surface area contributed by atoms with Crippen molar-refractivity contribution in [3.63, 3.8) is 0 Å². The average molecular weight is 304 g/mol. The molecule has 0 aromatic carbocycles. The highest BCUT2D eigenvalue weighted by atomic mass is 32.1. The first-order chi connectivity index (χ1) is 10.1. The van der Waals surface area contributed by atoms with Crippen LogP contribution in [0.2, 0.25) is 0 Å². The van der Waals surface area contributed by atoms with Gasteiger partial charge in [-0.2, -0.15) is 0 Å². The van der Waals surface area contributed by atoms with Crippen molar-refractivity contribution in [1.82, 2.24) is 14.9 Å². The van der Waals surface area contributed by atoms with Gasteiger partial charge >= 0.3 is 0 Å². The number of amides is 1. The molecule has 2 aromatic heterocycles. The fraction of sp³-hybridized carbons (Fsp3) is 0.533. The van der Waals surface area contributed by atoms with E-state index >= 15 is 0 Å². The Bertz CT molecular complexity index is 659. The largest absolute Gasteiger partial charge is 0.396 e. The maximum absolute atomic E-state index is 12.7. The van der Waals surface area contributed by atoms with E-state index in [0.717, 1.165) is 36.7 Å². The predicted molar refractivity (Wildman–Crippen MR) is 85.3 cm³/mol. The van der Waals surface area contributed by atoms with Gasteiger partial charge in [0.15, 0.2) is 0 Å². The first kappa shape index (κ1) is 14.3. The molecule has 0 unspecified atom stereocenters. The van der Waals surface area contributed by atoms with Crippen LogP contribution in [0.15, 0.2) is 12.4 Å². The Labute approximate surface area is 128 Å². The molecule has 2 aromatic rings. The molecule has 3 rings (SSSR count). The van der Waals surface area contributed by atoms with Crippen molar-refractivity contribution in [2.75, 3.05) is 18.8 Å². The van der Waals surface area contributed by atoms with Crippen LogP contribution in [0, 0.1) is 11.8 Å². The Morgan fingerprint density at radius 2 is 2.00 bits per heavy atom. The van der Waals surface area contributed by atoms with Gasteiger partial charge in [-0.15, -0.1) is 11.3 Å². The summed E-state index contributed by atoms with van der Waals surface area (Å²) in [6, 6.07) is 0. The minimum Gasteiger partial charge on any atom is -0.396 e. The molecule has 0 aliphatic carbocycles. The lowest BCUT2D eigenvalue weighted by atomic mass is 9.87. The molecule has 21 heavy (non-hydrogen) atoms. The van der Waals surface area contributed by atoms with Crippen molar-refractivity contribution in [2.24, 2.45) is 11.8 Å². The van der Waals surface area contributed by atoms with Crippen LogP contribution >= 0.6 is 11.3 Å². The van der Waals surface area contributed by atoms with Gasteiger partial charge in [-0.3, -0.25) is 4.79 Å². The molecule has 0 spiro atoms. The first-order valence-electron chi connectivity index (χ1n) is 7.36. The highest BCUT2D eigenvalue weighted by Gasteiger charge is 2.28. The molecule has 1 aliphatic heterocycles. The van der Waals surface area contributed by atoms with Gasteiger partial charge in [0.2, 0.25) is 0 Å². The smallest absolute Gasteiger partial charge is 0.266 e. The van der Waals surface area contributed by atoms with Crippen LogP contribution in [0.25, 0.3) is 10.3 Å². The van der Waals surface area contributed by atoms with Crippen LogP contribution in [0.3, 0.4) is 0 Å². The highest BCUT2D eigenvalue weighted by Crippen LogP contribution is 2.33. The Morgan fingerprint density at radius 1 is 1.33 bits per heavy atom. The summed E-state index contributed by atoms with van der Waals surface area (Å²) in [6.45, 7) is 6.14. The zero-order valence-corrected chi connectivity index (χ0v) is 13.2. The number of carbonyl (C=O) groups excluding carboxylic acids is 1. The summed E-state index contributed by atoms with van der Waals surface area (Å²) < 4.78 is 0. The Kier molecular flexibility index (Phi) is 3.80. The zero-order valence-electron chi connectivity index (χ0n) is 12.4. The molecule has 112 valence electrons. The molecule has 5 nitrogen and oxygen atoms in total. The van der Waals surface area contributed by atoms with Gasteiger partial charge in [0.05, 0.1) is 5.69 Å². The third-order valence-corrected chi connectivity index (χ3v) is 5.42. The summed E-state index contributed by atoms with van der Waals surface area (Å²) in [5.74, 6) is 1.43. The number of nitrogen functional groups attached to an aromatic ring is 1. The maximum atomic E-state index is 12.7. The van der Waals surface area contributed by atoms with Crippen molar-refractivity contribution in [2.45, 2.75) is 26.7 Å². The quantitative estimate of drug-likeness (QED) is 0.926. The standard InChI is InChI=1S/C15H20N4OS/c1-9(2)10-3-7-19(8-4-10)15(20)13-11(16)12-14(21-13)18-6-5-17-12/h5-6,9-10H,3-4,7-8,16H2,1-2H3. The second-order valence-electron chi connectivity index (χ2n) is 5.93. The Balaban J connectivity index is 1.80. The summed E-state index contributed by atoms with van der Waals surface area (Å²) in [4.78, 5) is 24.3. The SMILES string of the molecule is CC(C)C1CCN(C(=O)c2sc3nccnc3c2N)CC1. The summed E-state index contributed by atoms with van der Waals surface area (Å²) in [6.07, 6.45) is 5.38. The number of hydrogen-bond donors (Lipinski definition) is 1. The van der Waals surface area contributed by atoms with E-state index in [1.54, 1.807) is 12.4 Å². The van der Waals surface area contributed by atoms with Gasteiger partial charge in [-0.25, -0.2) is 9.97 Å². The number of piperidine rings is 1. The second kappa shape index (κ2) is 5.60. The number of nitrogens with zero attached hydrogens (tertiary/aromatic N) is 3. The molecule has 1 fully saturated rings. The molecule has 0 bridgehead atoms. The average Bonchev–Trinajstić information content (AvgIpc) is 2.84. The number of hydrogen-bond acceptors (Lipinski definition) is 5. The first-order valence-corrected chi connectivity index (χ1v) is 8.18. The lowest BCUT2D eigenvalue weighted by Gasteiger charge is -2.33. The maximum Gasteiger partial charge on any atom is 0.266 e. The molecule has 0 radical (unpaired) electrons. The lowest BCUT2D eigenvalue weighted by molar-refractivity contribution is 0.0673. The third-order valence-electron chi connectivity index (χ3n) is 4.33. The molecular formula is C15H20N4OS. The van der Waals surface area contributed by atoms with E-state index in [-0.39, 0.29) is 5.91 Å². The molecule has 1 amide bonds. The van der Waals surface area contributed by atoms with Crippen molar-refractivity contribution in [3.8, 4) is 0 Å². The van der Waals surface area contributed by atoms with E-state index in [9.17, 15) is 4.79 Å². The van der Waals surface area contributed by atoms with E-state index in [4.69, 9.17) is 5.73 Å². The molecule has 0 atom stereocenters. The van der Waals surface area contributed by atoms with Gasteiger partial charge in [0.25, 0.3) is 5.91 Å². The van der Waals surface area contributed by atoms with Crippen LogP contribution < -0.4 is 5.73 Å². The molecule has 1 saturated heterocycles. The number of nitrogens with two attached hydrogens (primary N) is 1. The van der Waals surface area contributed by atoms with Gasteiger partial charge < -0.3 is 10.6 Å². The molecule has 1 aliphatic rings. The van der Waals surface area contributed by atoms with Crippen molar-refractivity contribution in [1.29, 1.82) is 0 Å². The van der Waals surface area contributed by atoms with Crippen molar-refractivity contribution < 1.29 is 4.79 Å². The monoisotopic (exact) mass is 304 g/mol. The van der Waals surface area contributed by atoms with E-state index in [1.807, 2.05) is 4.90 Å². The van der Waals surface area contributed by atoms with E-state index in [2.05, 4.69) is 23.8 Å². The number of rotatable bonds is 2. The minimum absolute atomic E-state index is 0.0273. The normalized spacial score (nSPS) is 16.8. The highest BCUT2D eigenvalue weighted by molar-refractivity contribution is 7.21. The van der Waals surface area contributed by atoms with Crippen LogP contribution in [-0.4, -0.2) is 33.9 Å².